The zero-order valence-corrected chi connectivity index (χ0v) is 10.8. The molecule has 0 spiro atoms. The van der Waals surface area contributed by atoms with Crippen molar-refractivity contribution in [3.05, 3.63) is 29.8 Å². The highest BCUT2D eigenvalue weighted by Crippen LogP contribution is 2.14. The first kappa shape index (κ1) is 13.0. The highest BCUT2D eigenvalue weighted by atomic mass is 16.5. The third-order valence-corrected chi connectivity index (χ3v) is 2.43. The molecule has 0 bridgehead atoms. The Bertz CT molecular complexity index is 309. The van der Waals surface area contributed by atoms with E-state index in [9.17, 15) is 0 Å². The van der Waals surface area contributed by atoms with Crippen molar-refractivity contribution in [1.82, 2.24) is 5.32 Å². The van der Waals surface area contributed by atoms with Gasteiger partial charge in [0.1, 0.15) is 5.75 Å². The van der Waals surface area contributed by atoms with E-state index in [0.717, 1.165) is 18.7 Å². The SMILES string of the molecule is Cc1cccc(OC(C)CCNC(C)C)c1. The number of aryl methyl sites for hydroxylation is 1. The predicted molar refractivity (Wildman–Crippen MR) is 69.0 cm³/mol. The van der Waals surface area contributed by atoms with Crippen molar-refractivity contribution in [2.45, 2.75) is 46.3 Å². The van der Waals surface area contributed by atoms with E-state index in [4.69, 9.17) is 4.74 Å². The van der Waals surface area contributed by atoms with Crippen LogP contribution in [-0.2, 0) is 0 Å². The van der Waals surface area contributed by atoms with Crippen molar-refractivity contribution in [3.8, 4) is 5.75 Å². The maximum Gasteiger partial charge on any atom is 0.119 e. The van der Waals surface area contributed by atoms with Gasteiger partial charge in [0.05, 0.1) is 6.10 Å². The van der Waals surface area contributed by atoms with Crippen LogP contribution in [0.25, 0.3) is 0 Å². The summed E-state index contributed by atoms with van der Waals surface area (Å²) in [4.78, 5) is 0. The smallest absolute Gasteiger partial charge is 0.119 e. The number of hydrogen-bond donors (Lipinski definition) is 1. The van der Waals surface area contributed by atoms with Crippen molar-refractivity contribution < 1.29 is 4.74 Å². The van der Waals surface area contributed by atoms with Crippen LogP contribution in [0, 0.1) is 6.92 Å². The van der Waals surface area contributed by atoms with Gasteiger partial charge in [-0.1, -0.05) is 26.0 Å². The molecule has 0 aliphatic heterocycles. The van der Waals surface area contributed by atoms with E-state index in [0.29, 0.717) is 6.04 Å². The Kier molecular flexibility index (Phi) is 5.33. The number of hydrogen-bond acceptors (Lipinski definition) is 2. The molecular formula is C14H23NO. The summed E-state index contributed by atoms with van der Waals surface area (Å²) in [5, 5.41) is 3.39. The molecule has 0 aromatic heterocycles. The highest BCUT2D eigenvalue weighted by Gasteiger charge is 2.04. The largest absolute Gasteiger partial charge is 0.491 e. The van der Waals surface area contributed by atoms with Crippen LogP contribution in [0.15, 0.2) is 24.3 Å². The Labute approximate surface area is 99.0 Å². The van der Waals surface area contributed by atoms with Crippen LogP contribution in [-0.4, -0.2) is 18.7 Å². The van der Waals surface area contributed by atoms with Gasteiger partial charge in [-0.25, -0.2) is 0 Å². The molecule has 1 aromatic rings. The molecule has 0 aliphatic rings. The Morgan fingerprint density at radius 2 is 2.00 bits per heavy atom. The van der Waals surface area contributed by atoms with Gasteiger partial charge in [0.25, 0.3) is 0 Å². The minimum atomic E-state index is 0.257. The Morgan fingerprint density at radius 1 is 1.25 bits per heavy atom. The van der Waals surface area contributed by atoms with Gasteiger partial charge in [0.2, 0.25) is 0 Å². The van der Waals surface area contributed by atoms with E-state index in [2.05, 4.69) is 45.1 Å². The zero-order valence-electron chi connectivity index (χ0n) is 10.8. The van der Waals surface area contributed by atoms with Gasteiger partial charge in [-0.15, -0.1) is 0 Å². The van der Waals surface area contributed by atoms with Crippen LogP contribution < -0.4 is 10.1 Å². The molecule has 0 saturated heterocycles. The number of nitrogens with one attached hydrogen (secondary N) is 1. The first-order chi connectivity index (χ1) is 7.58. The molecule has 0 amide bonds. The van der Waals surface area contributed by atoms with Crippen molar-refractivity contribution in [1.29, 1.82) is 0 Å². The first-order valence-corrected chi connectivity index (χ1v) is 6.04. The molecule has 2 heteroatoms. The van der Waals surface area contributed by atoms with E-state index in [-0.39, 0.29) is 6.10 Å². The van der Waals surface area contributed by atoms with Crippen LogP contribution >= 0.6 is 0 Å². The van der Waals surface area contributed by atoms with Gasteiger partial charge < -0.3 is 10.1 Å². The van der Waals surface area contributed by atoms with E-state index in [1.54, 1.807) is 0 Å². The Hall–Kier alpha value is -1.02. The Morgan fingerprint density at radius 3 is 2.62 bits per heavy atom. The monoisotopic (exact) mass is 221 g/mol. The van der Waals surface area contributed by atoms with Gasteiger partial charge in [-0.05, 0) is 44.5 Å². The van der Waals surface area contributed by atoms with Crippen LogP contribution in [0.3, 0.4) is 0 Å². The number of rotatable bonds is 6. The van der Waals surface area contributed by atoms with Crippen molar-refractivity contribution >= 4 is 0 Å². The average Bonchev–Trinajstić information content (AvgIpc) is 2.16. The lowest BCUT2D eigenvalue weighted by atomic mass is 10.2. The van der Waals surface area contributed by atoms with Gasteiger partial charge >= 0.3 is 0 Å². The number of benzene rings is 1. The molecular weight excluding hydrogens is 198 g/mol. The minimum Gasteiger partial charge on any atom is -0.491 e. The fraction of sp³-hybridized carbons (Fsp3) is 0.571. The maximum absolute atomic E-state index is 5.84. The lowest BCUT2D eigenvalue weighted by molar-refractivity contribution is 0.209. The standard InChI is InChI=1S/C14H23NO/c1-11(2)15-9-8-13(4)16-14-7-5-6-12(3)10-14/h5-7,10-11,13,15H,8-9H2,1-4H3. The third-order valence-electron chi connectivity index (χ3n) is 2.43. The molecule has 1 unspecified atom stereocenters. The molecule has 1 N–H and O–H groups in total. The molecule has 0 fully saturated rings. The van der Waals surface area contributed by atoms with Crippen LogP contribution in [0.2, 0.25) is 0 Å². The predicted octanol–water partition coefficient (Wildman–Crippen LogP) is 3.15. The van der Waals surface area contributed by atoms with E-state index >= 15 is 0 Å². The second kappa shape index (κ2) is 6.54. The molecule has 0 heterocycles. The molecule has 1 atom stereocenters. The number of ether oxygens (including phenoxy) is 1. The van der Waals surface area contributed by atoms with Crippen molar-refractivity contribution in [2.24, 2.45) is 0 Å². The average molecular weight is 221 g/mol. The lowest BCUT2D eigenvalue weighted by Gasteiger charge is -2.16. The van der Waals surface area contributed by atoms with E-state index < -0.39 is 0 Å². The molecule has 0 saturated carbocycles. The summed E-state index contributed by atoms with van der Waals surface area (Å²) in [7, 11) is 0. The van der Waals surface area contributed by atoms with Crippen LogP contribution in [0.4, 0.5) is 0 Å². The molecule has 1 aromatic carbocycles. The molecule has 90 valence electrons. The van der Waals surface area contributed by atoms with Gasteiger partial charge in [0, 0.05) is 6.04 Å². The molecule has 16 heavy (non-hydrogen) atoms. The summed E-state index contributed by atoms with van der Waals surface area (Å²) in [6.07, 6.45) is 1.29. The van der Waals surface area contributed by atoms with Crippen LogP contribution in [0.1, 0.15) is 32.8 Å². The summed E-state index contributed by atoms with van der Waals surface area (Å²) < 4.78 is 5.84. The molecule has 2 nitrogen and oxygen atoms in total. The van der Waals surface area contributed by atoms with Crippen molar-refractivity contribution in [3.63, 3.8) is 0 Å². The minimum absolute atomic E-state index is 0.257. The summed E-state index contributed by atoms with van der Waals surface area (Å²) in [6.45, 7) is 9.52. The first-order valence-electron chi connectivity index (χ1n) is 6.04. The molecule has 1 rings (SSSR count). The third kappa shape index (κ3) is 5.17. The molecule has 0 aliphatic carbocycles. The second-order valence-electron chi connectivity index (χ2n) is 4.64. The van der Waals surface area contributed by atoms with Crippen LogP contribution in [0.5, 0.6) is 5.75 Å². The topological polar surface area (TPSA) is 21.3 Å². The van der Waals surface area contributed by atoms with E-state index in [1.165, 1.54) is 5.56 Å². The quantitative estimate of drug-likeness (QED) is 0.796. The second-order valence-corrected chi connectivity index (χ2v) is 4.64. The summed E-state index contributed by atoms with van der Waals surface area (Å²) in [5.41, 5.74) is 1.24. The normalized spacial score (nSPS) is 12.8. The fourth-order valence-electron chi connectivity index (χ4n) is 1.56. The highest BCUT2D eigenvalue weighted by molar-refractivity contribution is 5.27. The molecule has 0 radical (unpaired) electrons. The summed E-state index contributed by atoms with van der Waals surface area (Å²) in [5.74, 6) is 0.969. The zero-order chi connectivity index (χ0) is 12.0. The van der Waals surface area contributed by atoms with Gasteiger partial charge in [-0.2, -0.15) is 0 Å². The summed E-state index contributed by atoms with van der Waals surface area (Å²) in [6, 6.07) is 8.75. The fourth-order valence-corrected chi connectivity index (χ4v) is 1.56. The van der Waals surface area contributed by atoms with E-state index in [1.807, 2.05) is 12.1 Å². The Balaban J connectivity index is 2.31. The lowest BCUT2D eigenvalue weighted by Crippen LogP contribution is -2.27. The van der Waals surface area contributed by atoms with Crippen molar-refractivity contribution in [2.75, 3.05) is 6.54 Å². The van der Waals surface area contributed by atoms with Gasteiger partial charge in [-0.3, -0.25) is 0 Å². The maximum atomic E-state index is 5.84. The van der Waals surface area contributed by atoms with Gasteiger partial charge in [0.15, 0.2) is 0 Å². The summed E-state index contributed by atoms with van der Waals surface area (Å²) >= 11 is 0.